The molecule has 0 aliphatic rings. The highest BCUT2D eigenvalue weighted by Gasteiger charge is 2.12. The summed E-state index contributed by atoms with van der Waals surface area (Å²) >= 11 is 11.5. The molecule has 0 saturated heterocycles. The third-order valence-corrected chi connectivity index (χ3v) is 6.40. The van der Waals surface area contributed by atoms with Gasteiger partial charge in [0.15, 0.2) is 0 Å². The van der Waals surface area contributed by atoms with Crippen molar-refractivity contribution in [2.24, 2.45) is 0 Å². The molecule has 2 aromatic carbocycles. The first kappa shape index (κ1) is 14.0. The summed E-state index contributed by atoms with van der Waals surface area (Å²) in [5.41, 5.74) is 4.77. The van der Waals surface area contributed by atoms with Crippen LogP contribution in [-0.2, 0) is 0 Å². The Bertz CT molecular complexity index is 780. The van der Waals surface area contributed by atoms with E-state index < -0.39 is 0 Å². The average molecular weight is 335 g/mol. The van der Waals surface area contributed by atoms with Crippen molar-refractivity contribution in [3.8, 4) is 21.6 Å². The Morgan fingerprint density at radius 3 is 2.10 bits per heavy atom. The Kier molecular flexibility index (Phi) is 4.03. The minimum atomic E-state index is 0.746. The van der Waals surface area contributed by atoms with E-state index >= 15 is 0 Å². The van der Waals surface area contributed by atoms with Gasteiger partial charge in [0.05, 0.1) is 4.88 Å². The van der Waals surface area contributed by atoms with Crippen molar-refractivity contribution in [1.82, 2.24) is 0 Å². The van der Waals surface area contributed by atoms with Gasteiger partial charge in [0.25, 0.3) is 0 Å². The molecule has 4 heteroatoms. The van der Waals surface area contributed by atoms with Gasteiger partial charge in [-0.15, -0.1) is 0 Å². The topological polar surface area (TPSA) is 0 Å². The molecule has 0 spiro atoms. The summed E-state index contributed by atoms with van der Waals surface area (Å²) in [5.74, 6) is 0. The molecule has 100 valence electrons. The van der Waals surface area contributed by atoms with Gasteiger partial charge < -0.3 is 0 Å². The van der Waals surface area contributed by atoms with Crippen LogP contribution in [0.5, 0.6) is 0 Å². The normalized spacial score (nSPS) is 10.7. The number of rotatable bonds is 2. The maximum Gasteiger partial charge on any atom is 0.110 e. The van der Waals surface area contributed by atoms with E-state index in [2.05, 4.69) is 31.2 Å². The van der Waals surface area contributed by atoms with Gasteiger partial charge in [-0.3, -0.25) is 0 Å². The summed E-state index contributed by atoms with van der Waals surface area (Å²) < 4.78 is 0.938. The zero-order valence-corrected chi connectivity index (χ0v) is 13.9. The van der Waals surface area contributed by atoms with Crippen molar-refractivity contribution in [2.75, 3.05) is 0 Å². The molecule has 0 saturated carbocycles. The first-order chi connectivity index (χ1) is 9.65. The van der Waals surface area contributed by atoms with E-state index in [9.17, 15) is 0 Å². The fourth-order valence-corrected chi connectivity index (χ4v) is 5.06. The lowest BCUT2D eigenvalue weighted by molar-refractivity contribution is 1.48. The van der Waals surface area contributed by atoms with Crippen LogP contribution in [0.25, 0.3) is 21.6 Å². The summed E-state index contributed by atoms with van der Waals surface area (Å²) in [6.07, 6.45) is 0. The quantitative estimate of drug-likeness (QED) is 0.365. The monoisotopic (exact) mass is 334 g/mol. The Hall–Kier alpha value is -1.00. The summed E-state index contributed by atoms with van der Waals surface area (Å²) in [5, 5.41) is 0.746. The molecule has 0 N–H and O–H groups in total. The maximum absolute atomic E-state index is 5.97. The second-order valence-corrected chi connectivity index (χ2v) is 7.78. The lowest BCUT2D eigenvalue weighted by Crippen LogP contribution is -1.80. The highest BCUT2D eigenvalue weighted by Crippen LogP contribution is 2.41. The van der Waals surface area contributed by atoms with Crippen molar-refractivity contribution < 1.29 is 0 Å². The Balaban J connectivity index is 2.17. The fourth-order valence-electron chi connectivity index (χ4n) is 2.02. The van der Waals surface area contributed by atoms with Gasteiger partial charge in [0, 0.05) is 10.6 Å². The average Bonchev–Trinajstić information content (AvgIpc) is 2.83. The van der Waals surface area contributed by atoms with Crippen LogP contribution >= 0.6 is 44.5 Å². The van der Waals surface area contributed by atoms with Gasteiger partial charge in [-0.05, 0) is 30.2 Å². The van der Waals surface area contributed by atoms with E-state index in [0.29, 0.717) is 0 Å². The molecule has 3 rings (SSSR count). The number of halogens is 1. The van der Waals surface area contributed by atoms with Gasteiger partial charge in [0.1, 0.15) is 3.82 Å². The van der Waals surface area contributed by atoms with Crippen LogP contribution in [0, 0.1) is 10.7 Å². The zero-order valence-electron chi connectivity index (χ0n) is 10.7. The van der Waals surface area contributed by atoms with Crippen LogP contribution in [0.1, 0.15) is 5.56 Å². The maximum atomic E-state index is 5.97. The van der Waals surface area contributed by atoms with Crippen molar-refractivity contribution in [2.45, 2.75) is 6.92 Å². The van der Waals surface area contributed by atoms with E-state index in [0.717, 1.165) is 20.0 Å². The molecule has 20 heavy (non-hydrogen) atoms. The lowest BCUT2D eigenvalue weighted by Gasteiger charge is -2.04. The second-order valence-electron chi connectivity index (χ2n) is 4.53. The standard InChI is InChI=1S/C16H11ClS3/c1-10-2-4-12(5-3-10)15-14(16(18)20-19-15)11-6-8-13(17)9-7-11/h2-9H,1H3. The lowest BCUT2D eigenvalue weighted by atomic mass is 10.0. The molecule has 0 unspecified atom stereocenters. The number of benzene rings is 2. The van der Waals surface area contributed by atoms with Crippen LogP contribution in [0.15, 0.2) is 48.5 Å². The number of hydrogen-bond donors (Lipinski definition) is 0. The first-order valence-electron chi connectivity index (χ1n) is 6.11. The summed E-state index contributed by atoms with van der Waals surface area (Å²) in [6, 6.07) is 16.5. The van der Waals surface area contributed by atoms with Crippen LogP contribution in [0.3, 0.4) is 0 Å². The van der Waals surface area contributed by atoms with Crippen LogP contribution in [-0.4, -0.2) is 0 Å². The smallest absolute Gasteiger partial charge is 0.0843 e. The minimum absolute atomic E-state index is 0.746. The van der Waals surface area contributed by atoms with Crippen LogP contribution < -0.4 is 0 Å². The molecule has 0 nitrogen and oxygen atoms in total. The Labute approximate surface area is 135 Å². The third kappa shape index (κ3) is 2.72. The summed E-state index contributed by atoms with van der Waals surface area (Å²) in [7, 11) is 3.39. The van der Waals surface area contributed by atoms with Gasteiger partial charge in [-0.2, -0.15) is 0 Å². The predicted molar refractivity (Wildman–Crippen MR) is 93.6 cm³/mol. The van der Waals surface area contributed by atoms with Crippen molar-refractivity contribution in [3.05, 3.63) is 62.9 Å². The minimum Gasteiger partial charge on any atom is -0.0843 e. The molecular weight excluding hydrogens is 324 g/mol. The highest BCUT2D eigenvalue weighted by atomic mass is 35.5. The molecular formula is C16H11ClS3. The van der Waals surface area contributed by atoms with E-state index in [4.69, 9.17) is 23.8 Å². The highest BCUT2D eigenvalue weighted by molar-refractivity contribution is 7.80. The Morgan fingerprint density at radius 2 is 1.45 bits per heavy atom. The van der Waals surface area contributed by atoms with Crippen molar-refractivity contribution in [3.63, 3.8) is 0 Å². The Morgan fingerprint density at radius 1 is 0.850 bits per heavy atom. The van der Waals surface area contributed by atoms with Gasteiger partial charge >= 0.3 is 0 Å². The van der Waals surface area contributed by atoms with Crippen molar-refractivity contribution in [1.29, 1.82) is 0 Å². The summed E-state index contributed by atoms with van der Waals surface area (Å²) in [4.78, 5) is 1.24. The molecule has 0 fully saturated rings. The van der Waals surface area contributed by atoms with Gasteiger partial charge in [-0.25, -0.2) is 0 Å². The fraction of sp³-hybridized carbons (Fsp3) is 0.0625. The van der Waals surface area contributed by atoms with Crippen molar-refractivity contribution >= 4 is 44.5 Å². The van der Waals surface area contributed by atoms with Gasteiger partial charge in [-0.1, -0.05) is 86.5 Å². The third-order valence-electron chi connectivity index (χ3n) is 3.08. The second kappa shape index (κ2) is 5.78. The molecule has 0 amide bonds. The SMILES string of the molecule is Cc1ccc(-c2ssc(=S)c2-c2ccc(Cl)cc2)cc1. The molecule has 1 aromatic heterocycles. The summed E-state index contributed by atoms with van der Waals surface area (Å²) in [6.45, 7) is 2.10. The first-order valence-corrected chi connectivity index (χ1v) is 9.05. The molecule has 0 aliphatic carbocycles. The molecule has 0 bridgehead atoms. The van der Waals surface area contributed by atoms with Gasteiger partial charge in [0.2, 0.25) is 0 Å². The molecule has 1 heterocycles. The molecule has 3 aromatic rings. The number of hydrogen-bond acceptors (Lipinski definition) is 3. The van der Waals surface area contributed by atoms with E-state index in [1.54, 1.807) is 20.7 Å². The molecule has 0 radical (unpaired) electrons. The van der Waals surface area contributed by atoms with E-state index in [-0.39, 0.29) is 0 Å². The van der Waals surface area contributed by atoms with Crippen LogP contribution in [0.2, 0.25) is 5.02 Å². The predicted octanol–water partition coefficient (Wildman–Crippen LogP) is 6.83. The molecule has 0 atom stereocenters. The largest absolute Gasteiger partial charge is 0.110 e. The van der Waals surface area contributed by atoms with E-state index in [1.807, 2.05) is 24.3 Å². The zero-order chi connectivity index (χ0) is 14.1. The molecule has 0 aliphatic heterocycles. The van der Waals surface area contributed by atoms with Crippen LogP contribution in [0.4, 0.5) is 0 Å². The van der Waals surface area contributed by atoms with E-state index in [1.165, 1.54) is 16.0 Å². The number of aryl methyl sites for hydroxylation is 1.